The molecule has 1 rings (SSSR count). The topological polar surface area (TPSA) is 75.6 Å². The molecule has 104 valence electrons. The van der Waals surface area contributed by atoms with E-state index in [1.807, 2.05) is 0 Å². The monoisotopic (exact) mass is 257 g/mol. The molecule has 1 amide bonds. The van der Waals surface area contributed by atoms with E-state index in [2.05, 4.69) is 5.32 Å². The van der Waals surface area contributed by atoms with Crippen LogP contribution in [0.1, 0.15) is 53.4 Å². The second-order valence-corrected chi connectivity index (χ2v) is 6.12. The Morgan fingerprint density at radius 1 is 1.17 bits per heavy atom. The third kappa shape index (κ3) is 3.62. The molecule has 0 bridgehead atoms. The normalized spacial score (nSPS) is 20.2. The summed E-state index contributed by atoms with van der Waals surface area (Å²) in [7, 11) is 0. The lowest BCUT2D eigenvalue weighted by molar-refractivity contribution is -0.146. The SMILES string of the molecule is CC(C)(C)OC(=O)NC(C)(C(=O)O)C1CCCC1. The maximum atomic E-state index is 11.7. The number of carbonyl (C=O) groups is 2. The summed E-state index contributed by atoms with van der Waals surface area (Å²) in [5.41, 5.74) is -1.86. The average Bonchev–Trinajstić information content (AvgIpc) is 2.66. The molecule has 1 unspecified atom stereocenters. The van der Waals surface area contributed by atoms with E-state index in [0.29, 0.717) is 0 Å². The Hall–Kier alpha value is -1.26. The summed E-state index contributed by atoms with van der Waals surface area (Å²) >= 11 is 0. The third-order valence-electron chi connectivity index (χ3n) is 3.38. The minimum Gasteiger partial charge on any atom is -0.480 e. The largest absolute Gasteiger partial charge is 0.480 e. The molecule has 0 heterocycles. The van der Waals surface area contributed by atoms with E-state index in [4.69, 9.17) is 4.74 Å². The van der Waals surface area contributed by atoms with Gasteiger partial charge in [-0.05, 0) is 46.5 Å². The number of hydrogen-bond acceptors (Lipinski definition) is 3. The molecule has 1 saturated carbocycles. The van der Waals surface area contributed by atoms with E-state index in [0.717, 1.165) is 25.7 Å². The van der Waals surface area contributed by atoms with Crippen LogP contribution in [0.4, 0.5) is 4.79 Å². The van der Waals surface area contributed by atoms with Crippen LogP contribution in [0.25, 0.3) is 0 Å². The van der Waals surface area contributed by atoms with Gasteiger partial charge in [0, 0.05) is 0 Å². The van der Waals surface area contributed by atoms with Crippen molar-refractivity contribution in [2.45, 2.75) is 64.5 Å². The van der Waals surface area contributed by atoms with Crippen LogP contribution < -0.4 is 5.32 Å². The van der Waals surface area contributed by atoms with Gasteiger partial charge in [0.2, 0.25) is 0 Å². The Morgan fingerprint density at radius 2 is 1.67 bits per heavy atom. The maximum Gasteiger partial charge on any atom is 0.408 e. The Balaban J connectivity index is 2.74. The number of rotatable bonds is 3. The highest BCUT2D eigenvalue weighted by Crippen LogP contribution is 2.34. The van der Waals surface area contributed by atoms with Crippen LogP contribution in [0.15, 0.2) is 0 Å². The zero-order valence-electron chi connectivity index (χ0n) is 11.6. The minimum absolute atomic E-state index is 0.0254. The van der Waals surface area contributed by atoms with E-state index >= 15 is 0 Å². The standard InChI is InChI=1S/C13H23NO4/c1-12(2,3)18-11(17)14-13(4,10(15)16)9-7-5-6-8-9/h9H,5-8H2,1-4H3,(H,14,17)(H,15,16). The summed E-state index contributed by atoms with van der Waals surface area (Å²) in [6, 6.07) is 0. The highest BCUT2D eigenvalue weighted by atomic mass is 16.6. The first-order valence-electron chi connectivity index (χ1n) is 6.40. The third-order valence-corrected chi connectivity index (χ3v) is 3.38. The molecule has 0 aromatic carbocycles. The molecular formula is C13H23NO4. The summed E-state index contributed by atoms with van der Waals surface area (Å²) in [5.74, 6) is -1.03. The van der Waals surface area contributed by atoms with Gasteiger partial charge in [-0.2, -0.15) is 0 Å². The average molecular weight is 257 g/mol. The van der Waals surface area contributed by atoms with Crippen LogP contribution in [-0.4, -0.2) is 28.3 Å². The van der Waals surface area contributed by atoms with Crippen LogP contribution in [0, 0.1) is 5.92 Å². The lowest BCUT2D eigenvalue weighted by Gasteiger charge is -2.33. The quantitative estimate of drug-likeness (QED) is 0.814. The van der Waals surface area contributed by atoms with Crippen molar-refractivity contribution in [2.75, 3.05) is 0 Å². The van der Waals surface area contributed by atoms with Gasteiger partial charge in [0.05, 0.1) is 0 Å². The molecule has 0 saturated heterocycles. The fourth-order valence-electron chi connectivity index (χ4n) is 2.35. The van der Waals surface area contributed by atoms with Crippen LogP contribution >= 0.6 is 0 Å². The zero-order chi connectivity index (χ0) is 14.0. The Morgan fingerprint density at radius 3 is 2.06 bits per heavy atom. The fraction of sp³-hybridized carbons (Fsp3) is 0.846. The van der Waals surface area contributed by atoms with E-state index in [1.165, 1.54) is 0 Å². The predicted molar refractivity (Wildman–Crippen MR) is 67.4 cm³/mol. The van der Waals surface area contributed by atoms with Gasteiger partial charge < -0.3 is 15.2 Å². The lowest BCUT2D eigenvalue weighted by atomic mass is 9.84. The van der Waals surface area contributed by atoms with Gasteiger partial charge in [0.1, 0.15) is 11.1 Å². The second kappa shape index (κ2) is 5.16. The smallest absolute Gasteiger partial charge is 0.408 e. The van der Waals surface area contributed by atoms with Crippen molar-refractivity contribution in [3.63, 3.8) is 0 Å². The summed E-state index contributed by atoms with van der Waals surface area (Å²) in [5, 5.41) is 11.9. The van der Waals surface area contributed by atoms with Crippen LogP contribution in [0.2, 0.25) is 0 Å². The van der Waals surface area contributed by atoms with Crippen molar-refractivity contribution in [1.29, 1.82) is 0 Å². The zero-order valence-corrected chi connectivity index (χ0v) is 11.6. The first-order valence-corrected chi connectivity index (χ1v) is 6.40. The van der Waals surface area contributed by atoms with Crippen LogP contribution in [0.5, 0.6) is 0 Å². The van der Waals surface area contributed by atoms with E-state index in [-0.39, 0.29) is 5.92 Å². The van der Waals surface area contributed by atoms with Gasteiger partial charge in [-0.25, -0.2) is 9.59 Å². The molecule has 0 aliphatic heterocycles. The van der Waals surface area contributed by atoms with E-state index in [1.54, 1.807) is 27.7 Å². The molecular weight excluding hydrogens is 234 g/mol. The second-order valence-electron chi connectivity index (χ2n) is 6.12. The van der Waals surface area contributed by atoms with E-state index in [9.17, 15) is 14.7 Å². The number of carboxylic acids is 1. The predicted octanol–water partition coefficient (Wildman–Crippen LogP) is 2.54. The first kappa shape index (κ1) is 14.8. The fourth-order valence-corrected chi connectivity index (χ4v) is 2.35. The van der Waals surface area contributed by atoms with Crippen molar-refractivity contribution in [3.8, 4) is 0 Å². The number of carbonyl (C=O) groups excluding carboxylic acids is 1. The summed E-state index contributed by atoms with van der Waals surface area (Å²) in [6.07, 6.45) is 3.03. The van der Waals surface area contributed by atoms with Gasteiger partial charge in [-0.15, -0.1) is 0 Å². The highest BCUT2D eigenvalue weighted by molar-refractivity contribution is 5.84. The molecule has 0 spiro atoms. The van der Waals surface area contributed by atoms with Crippen LogP contribution in [-0.2, 0) is 9.53 Å². The number of aliphatic carboxylic acids is 1. The molecule has 1 aliphatic carbocycles. The van der Waals surface area contributed by atoms with Gasteiger partial charge >= 0.3 is 12.1 Å². The van der Waals surface area contributed by atoms with Crippen LogP contribution in [0.3, 0.4) is 0 Å². The number of amides is 1. The van der Waals surface area contributed by atoms with Gasteiger partial charge in [-0.3, -0.25) is 0 Å². The first-order chi connectivity index (χ1) is 8.15. The number of alkyl carbamates (subject to hydrolysis) is 1. The molecule has 0 aromatic heterocycles. The molecule has 0 aromatic rings. The Labute approximate surface area is 108 Å². The molecule has 0 radical (unpaired) electrons. The highest BCUT2D eigenvalue weighted by Gasteiger charge is 2.44. The summed E-state index contributed by atoms with van der Waals surface area (Å²) < 4.78 is 5.13. The molecule has 5 heteroatoms. The van der Waals surface area contributed by atoms with Gasteiger partial charge in [0.25, 0.3) is 0 Å². The van der Waals surface area contributed by atoms with Gasteiger partial charge in [-0.1, -0.05) is 12.8 Å². The maximum absolute atomic E-state index is 11.7. The molecule has 1 aliphatic rings. The van der Waals surface area contributed by atoms with Crippen molar-refractivity contribution in [2.24, 2.45) is 5.92 Å². The van der Waals surface area contributed by atoms with Crippen molar-refractivity contribution < 1.29 is 19.4 Å². The molecule has 1 fully saturated rings. The van der Waals surface area contributed by atoms with E-state index < -0.39 is 23.2 Å². The molecule has 18 heavy (non-hydrogen) atoms. The van der Waals surface area contributed by atoms with Gasteiger partial charge in [0.15, 0.2) is 0 Å². The Kier molecular flexibility index (Phi) is 4.24. The summed E-state index contributed by atoms with van der Waals surface area (Å²) in [6.45, 7) is 6.82. The number of nitrogens with one attached hydrogen (secondary N) is 1. The number of ether oxygens (including phenoxy) is 1. The lowest BCUT2D eigenvalue weighted by Crippen LogP contribution is -2.57. The molecule has 5 nitrogen and oxygen atoms in total. The van der Waals surface area contributed by atoms with Crippen molar-refractivity contribution >= 4 is 12.1 Å². The Bertz CT molecular complexity index is 328. The number of carboxylic acid groups (broad SMARTS) is 1. The molecule has 2 N–H and O–H groups in total. The summed E-state index contributed by atoms with van der Waals surface area (Å²) in [4.78, 5) is 23.2. The van der Waals surface area contributed by atoms with Crippen molar-refractivity contribution in [1.82, 2.24) is 5.32 Å². The minimum atomic E-state index is -1.24. The molecule has 1 atom stereocenters. The van der Waals surface area contributed by atoms with Crippen molar-refractivity contribution in [3.05, 3.63) is 0 Å². The number of hydrogen-bond donors (Lipinski definition) is 2.